The Morgan fingerprint density at radius 3 is 2.93 bits per heavy atom. The van der Waals surface area contributed by atoms with E-state index in [1.165, 1.54) is 26.6 Å². The first-order valence-electron chi connectivity index (χ1n) is 5.27. The molecule has 1 nitrogen and oxygen atoms in total. The van der Waals surface area contributed by atoms with Gasteiger partial charge in [0.2, 0.25) is 0 Å². The van der Waals surface area contributed by atoms with Crippen LogP contribution in [0.5, 0.6) is 0 Å². The number of hydrogen-bond donors (Lipinski definition) is 1. The zero-order valence-electron chi connectivity index (χ0n) is 9.25. The molecule has 0 saturated carbocycles. The minimum atomic E-state index is 0.616. The largest absolute Gasteiger partial charge is 0.309 e. The molecule has 1 heterocycles. The summed E-state index contributed by atoms with van der Waals surface area (Å²) in [6, 6.07) is 4.90. The number of hydrogen-bond acceptors (Lipinski definition) is 3. The van der Waals surface area contributed by atoms with Crippen molar-refractivity contribution in [3.8, 4) is 0 Å². The summed E-state index contributed by atoms with van der Waals surface area (Å²) < 4.78 is 1.22. The van der Waals surface area contributed by atoms with Crippen molar-refractivity contribution in [1.82, 2.24) is 5.32 Å². The highest BCUT2D eigenvalue weighted by Crippen LogP contribution is 2.21. The first kappa shape index (κ1) is 13.6. The normalized spacial score (nSPS) is 13.0. The highest BCUT2D eigenvalue weighted by atomic mass is 79.9. The number of halogens is 1. The fraction of sp³-hybridized carbons (Fsp3) is 0.636. The van der Waals surface area contributed by atoms with Crippen LogP contribution in [-0.2, 0) is 6.54 Å². The Morgan fingerprint density at radius 1 is 1.53 bits per heavy atom. The predicted octanol–water partition coefficient (Wildman–Crippen LogP) is 4.13. The molecule has 0 spiro atoms. The van der Waals surface area contributed by atoms with Crippen molar-refractivity contribution in [1.29, 1.82) is 0 Å². The van der Waals surface area contributed by atoms with Crippen molar-refractivity contribution in [3.63, 3.8) is 0 Å². The van der Waals surface area contributed by atoms with E-state index < -0.39 is 0 Å². The van der Waals surface area contributed by atoms with E-state index in [9.17, 15) is 0 Å². The van der Waals surface area contributed by atoms with Gasteiger partial charge in [-0.1, -0.05) is 6.92 Å². The molecule has 0 aliphatic heterocycles. The first-order valence-corrected chi connectivity index (χ1v) is 8.04. The second-order valence-electron chi connectivity index (χ2n) is 3.47. The second-order valence-corrected chi connectivity index (χ2v) is 7.41. The van der Waals surface area contributed by atoms with E-state index in [-0.39, 0.29) is 0 Å². The zero-order chi connectivity index (χ0) is 11.1. The van der Waals surface area contributed by atoms with Gasteiger partial charge >= 0.3 is 0 Å². The van der Waals surface area contributed by atoms with Gasteiger partial charge in [0, 0.05) is 17.5 Å². The van der Waals surface area contributed by atoms with Crippen LogP contribution in [0.2, 0.25) is 0 Å². The number of thiophene rings is 1. The van der Waals surface area contributed by atoms with Crippen molar-refractivity contribution in [2.75, 3.05) is 11.5 Å². The molecule has 0 fully saturated rings. The Labute approximate surface area is 109 Å². The lowest BCUT2D eigenvalue weighted by Gasteiger charge is -2.12. The topological polar surface area (TPSA) is 12.0 Å². The van der Waals surface area contributed by atoms with Crippen LogP contribution in [0.3, 0.4) is 0 Å². The molecule has 1 aromatic heterocycles. The molecule has 1 unspecified atom stereocenters. The van der Waals surface area contributed by atoms with Crippen molar-refractivity contribution >= 4 is 39.0 Å². The van der Waals surface area contributed by atoms with Crippen LogP contribution in [0.1, 0.15) is 25.1 Å². The van der Waals surface area contributed by atoms with Crippen LogP contribution in [0.25, 0.3) is 0 Å². The fourth-order valence-corrected chi connectivity index (χ4v) is 3.47. The van der Waals surface area contributed by atoms with E-state index in [2.05, 4.69) is 47.2 Å². The van der Waals surface area contributed by atoms with Crippen LogP contribution < -0.4 is 5.32 Å². The molecule has 1 atom stereocenters. The molecule has 1 rings (SSSR count). The third kappa shape index (κ3) is 5.95. The predicted molar refractivity (Wildman–Crippen MR) is 75.9 cm³/mol. The van der Waals surface area contributed by atoms with E-state index >= 15 is 0 Å². The highest BCUT2D eigenvalue weighted by molar-refractivity contribution is 9.11. The van der Waals surface area contributed by atoms with Crippen molar-refractivity contribution in [2.45, 2.75) is 32.9 Å². The van der Waals surface area contributed by atoms with E-state index in [1.54, 1.807) is 0 Å². The molecule has 86 valence electrons. The summed E-state index contributed by atoms with van der Waals surface area (Å²) in [6.45, 7) is 5.47. The van der Waals surface area contributed by atoms with Gasteiger partial charge in [0.15, 0.2) is 0 Å². The molecule has 0 aliphatic rings. The summed E-state index contributed by atoms with van der Waals surface area (Å²) in [7, 11) is 0. The third-order valence-electron chi connectivity index (χ3n) is 2.15. The Kier molecular flexibility index (Phi) is 6.97. The fourth-order valence-electron chi connectivity index (χ4n) is 1.23. The molecular weight excluding hydrogens is 290 g/mol. The third-order valence-corrected chi connectivity index (χ3v) is 4.71. The van der Waals surface area contributed by atoms with Crippen molar-refractivity contribution < 1.29 is 0 Å². The maximum absolute atomic E-state index is 3.55. The maximum atomic E-state index is 3.55. The molecule has 1 aromatic rings. The number of rotatable bonds is 7. The lowest BCUT2D eigenvalue weighted by molar-refractivity contribution is 0.540. The molecule has 0 aromatic carbocycles. The standard InChI is InChI=1S/C11H18BrNS2/c1-3-14-7-6-9(2)13-8-10-4-5-11(12)15-10/h4-5,9,13H,3,6-8H2,1-2H3. The van der Waals surface area contributed by atoms with Gasteiger partial charge in [-0.3, -0.25) is 0 Å². The SMILES string of the molecule is CCSCCC(C)NCc1ccc(Br)s1. The van der Waals surface area contributed by atoms with Gasteiger partial charge in [-0.05, 0) is 52.9 Å². The van der Waals surface area contributed by atoms with Gasteiger partial charge < -0.3 is 5.32 Å². The van der Waals surface area contributed by atoms with E-state index in [1.807, 2.05) is 23.1 Å². The minimum absolute atomic E-state index is 0.616. The molecular formula is C11H18BrNS2. The van der Waals surface area contributed by atoms with Gasteiger partial charge in [0.1, 0.15) is 0 Å². The number of thioether (sulfide) groups is 1. The molecule has 0 aliphatic carbocycles. The van der Waals surface area contributed by atoms with Crippen LogP contribution in [0, 0.1) is 0 Å². The Hall–Kier alpha value is 0.490. The average molecular weight is 308 g/mol. The monoisotopic (exact) mass is 307 g/mol. The van der Waals surface area contributed by atoms with Gasteiger partial charge in [0.05, 0.1) is 3.79 Å². The quantitative estimate of drug-likeness (QED) is 0.760. The van der Waals surface area contributed by atoms with Crippen LogP contribution in [0.15, 0.2) is 15.9 Å². The molecule has 0 bridgehead atoms. The van der Waals surface area contributed by atoms with Gasteiger partial charge in [-0.15, -0.1) is 11.3 Å². The zero-order valence-corrected chi connectivity index (χ0v) is 12.5. The molecule has 0 saturated heterocycles. The molecule has 0 radical (unpaired) electrons. The van der Waals surface area contributed by atoms with Gasteiger partial charge in [0.25, 0.3) is 0 Å². The maximum Gasteiger partial charge on any atom is 0.0701 e. The lowest BCUT2D eigenvalue weighted by atomic mass is 10.2. The Bertz CT molecular complexity index is 275. The number of nitrogens with one attached hydrogen (secondary N) is 1. The molecule has 4 heteroatoms. The first-order chi connectivity index (χ1) is 7.22. The van der Waals surface area contributed by atoms with Crippen molar-refractivity contribution in [3.05, 3.63) is 20.8 Å². The van der Waals surface area contributed by atoms with E-state index in [0.29, 0.717) is 6.04 Å². The van der Waals surface area contributed by atoms with Crippen LogP contribution >= 0.6 is 39.0 Å². The average Bonchev–Trinajstić information content (AvgIpc) is 2.62. The highest BCUT2D eigenvalue weighted by Gasteiger charge is 2.02. The molecule has 0 amide bonds. The van der Waals surface area contributed by atoms with Crippen molar-refractivity contribution in [2.24, 2.45) is 0 Å². The minimum Gasteiger partial charge on any atom is -0.309 e. The molecule has 15 heavy (non-hydrogen) atoms. The summed E-state index contributed by atoms with van der Waals surface area (Å²) in [6.07, 6.45) is 1.26. The summed E-state index contributed by atoms with van der Waals surface area (Å²) in [5, 5.41) is 3.55. The second kappa shape index (κ2) is 7.71. The Balaban J connectivity index is 2.13. The van der Waals surface area contributed by atoms with E-state index in [4.69, 9.17) is 0 Å². The van der Waals surface area contributed by atoms with Gasteiger partial charge in [-0.25, -0.2) is 0 Å². The Morgan fingerprint density at radius 2 is 2.33 bits per heavy atom. The summed E-state index contributed by atoms with van der Waals surface area (Å²) >= 11 is 7.30. The summed E-state index contributed by atoms with van der Waals surface area (Å²) in [4.78, 5) is 1.40. The van der Waals surface area contributed by atoms with Crippen LogP contribution in [0.4, 0.5) is 0 Å². The van der Waals surface area contributed by atoms with Crippen LogP contribution in [-0.4, -0.2) is 17.5 Å². The summed E-state index contributed by atoms with van der Waals surface area (Å²) in [5.41, 5.74) is 0. The smallest absolute Gasteiger partial charge is 0.0701 e. The van der Waals surface area contributed by atoms with E-state index in [0.717, 1.165) is 6.54 Å². The lowest BCUT2D eigenvalue weighted by Crippen LogP contribution is -2.25. The molecule has 1 N–H and O–H groups in total. The van der Waals surface area contributed by atoms with Gasteiger partial charge in [-0.2, -0.15) is 11.8 Å². The summed E-state index contributed by atoms with van der Waals surface area (Å²) in [5.74, 6) is 2.49.